The van der Waals surface area contributed by atoms with Gasteiger partial charge >= 0.3 is 5.97 Å². The number of halogens is 2. The van der Waals surface area contributed by atoms with Gasteiger partial charge in [-0.05, 0) is 80.3 Å². The average molecular weight is 605 g/mol. The quantitative estimate of drug-likeness (QED) is 0.0987. The molecule has 2 heterocycles. The molecule has 1 aliphatic rings. The fourth-order valence-corrected chi connectivity index (χ4v) is 5.84. The van der Waals surface area contributed by atoms with E-state index in [0.717, 1.165) is 56.2 Å². The molecule has 43 heavy (non-hydrogen) atoms. The largest absolute Gasteiger partial charge is 0.493 e. The maximum Gasteiger partial charge on any atom is 0.355 e. The van der Waals surface area contributed by atoms with E-state index < -0.39 is 5.97 Å². The Hall–Kier alpha value is -3.88. The fourth-order valence-electron chi connectivity index (χ4n) is 5.59. The first-order chi connectivity index (χ1) is 20.5. The number of aromatic amines is 2. The molecule has 1 fully saturated rings. The lowest BCUT2D eigenvalue weighted by atomic mass is 9.97. The molecule has 3 N–H and O–H groups in total. The van der Waals surface area contributed by atoms with Gasteiger partial charge in [-0.2, -0.15) is 5.10 Å². The lowest BCUT2D eigenvalue weighted by Crippen LogP contribution is -2.16. The monoisotopic (exact) mass is 604 g/mol. The van der Waals surface area contributed by atoms with E-state index in [0.29, 0.717) is 48.5 Å². The molecular formula is C34H38ClFN4O3. The summed E-state index contributed by atoms with van der Waals surface area (Å²) in [6.07, 6.45) is 4.34. The van der Waals surface area contributed by atoms with E-state index in [1.807, 2.05) is 30.3 Å². The molecule has 0 bridgehead atoms. The second kappa shape index (κ2) is 13.2. The number of ether oxygens (including phenoxy) is 2. The van der Waals surface area contributed by atoms with Crippen LogP contribution in [0.3, 0.4) is 0 Å². The number of nitrogens with one attached hydrogen (secondary N) is 3. The topological polar surface area (TPSA) is 92.0 Å². The zero-order chi connectivity index (χ0) is 29.2. The van der Waals surface area contributed by atoms with Gasteiger partial charge in [0.25, 0.3) is 0 Å². The van der Waals surface area contributed by atoms with Crippen molar-refractivity contribution in [1.29, 1.82) is 0 Å². The van der Waals surface area contributed by atoms with Gasteiger partial charge in [-0.3, -0.25) is 5.10 Å². The SMILES string of the molecule is C.CCOC(=O)c1[nH]c2c(-c3c(CC)n[nH]c3CNC3CC3)c(Cl)ccc2c1CCCOc1cccc2cc(F)ccc12. The number of H-pyrrole nitrogens is 2. The third-order valence-corrected chi connectivity index (χ3v) is 8.10. The standard InChI is InChI=1S/C33H34ClFN4O3.CH4/c1-3-26-30(27(39-38-26)18-36-21-11-12-21)29-25(34)15-14-24-23(32(37-31(24)29)33(40)41-4-2)8-6-16-42-28-9-5-7-19-17-20(35)10-13-22(19)28;/h5,7,9-10,13-15,17,21,36-37H,3-4,6,8,11-12,16,18H2,1-2H3,(H,38,39);1H4. The molecule has 0 amide bonds. The van der Waals surface area contributed by atoms with Crippen molar-refractivity contribution in [3.8, 4) is 16.9 Å². The van der Waals surface area contributed by atoms with Crippen molar-refractivity contribution in [3.63, 3.8) is 0 Å². The minimum Gasteiger partial charge on any atom is -0.493 e. The van der Waals surface area contributed by atoms with E-state index in [2.05, 4.69) is 27.4 Å². The normalized spacial score (nSPS) is 12.9. The number of aromatic nitrogens is 3. The number of rotatable bonds is 12. The Balaban J connectivity index is 0.00000368. The van der Waals surface area contributed by atoms with Crippen molar-refractivity contribution >= 4 is 39.2 Å². The summed E-state index contributed by atoms with van der Waals surface area (Å²) < 4.78 is 25.3. The molecule has 1 saturated carbocycles. The third-order valence-electron chi connectivity index (χ3n) is 7.79. The summed E-state index contributed by atoms with van der Waals surface area (Å²) >= 11 is 6.88. The van der Waals surface area contributed by atoms with E-state index in [-0.39, 0.29) is 19.9 Å². The number of hydrogen-bond donors (Lipinski definition) is 3. The van der Waals surface area contributed by atoms with Crippen LogP contribution in [0.1, 0.15) is 68.0 Å². The van der Waals surface area contributed by atoms with Gasteiger partial charge in [0.05, 0.1) is 35.1 Å². The highest BCUT2D eigenvalue weighted by Gasteiger charge is 2.26. The highest BCUT2D eigenvalue weighted by molar-refractivity contribution is 6.35. The molecule has 0 aliphatic heterocycles. The first kappa shape index (κ1) is 30.6. The van der Waals surface area contributed by atoms with E-state index in [9.17, 15) is 9.18 Å². The lowest BCUT2D eigenvalue weighted by Gasteiger charge is -2.11. The van der Waals surface area contributed by atoms with Crippen LogP contribution < -0.4 is 10.1 Å². The summed E-state index contributed by atoms with van der Waals surface area (Å²) in [6.45, 7) is 5.22. The fraction of sp³-hybridized carbons (Fsp3) is 0.353. The van der Waals surface area contributed by atoms with Gasteiger partial charge in [0.15, 0.2) is 0 Å². The zero-order valence-corrected chi connectivity index (χ0v) is 24.5. The van der Waals surface area contributed by atoms with Crippen molar-refractivity contribution in [3.05, 3.63) is 82.0 Å². The van der Waals surface area contributed by atoms with Crippen LogP contribution in [0.25, 0.3) is 32.8 Å². The Morgan fingerprint density at radius 1 is 1.12 bits per heavy atom. The molecule has 5 aromatic rings. The van der Waals surface area contributed by atoms with Crippen molar-refractivity contribution < 1.29 is 18.7 Å². The molecule has 3 aromatic carbocycles. The van der Waals surface area contributed by atoms with E-state index in [1.165, 1.54) is 25.0 Å². The molecule has 1 aliphatic carbocycles. The maximum atomic E-state index is 13.7. The van der Waals surface area contributed by atoms with Crippen molar-refractivity contribution in [2.24, 2.45) is 0 Å². The van der Waals surface area contributed by atoms with Gasteiger partial charge in [0, 0.05) is 34.5 Å². The molecule has 0 atom stereocenters. The Morgan fingerprint density at radius 2 is 1.93 bits per heavy atom. The molecular weight excluding hydrogens is 567 g/mol. The Kier molecular flexibility index (Phi) is 9.37. The van der Waals surface area contributed by atoms with Crippen molar-refractivity contribution in [1.82, 2.24) is 20.5 Å². The molecule has 7 nitrogen and oxygen atoms in total. The number of hydrogen-bond acceptors (Lipinski definition) is 5. The first-order valence-corrected chi connectivity index (χ1v) is 15.0. The molecule has 226 valence electrons. The van der Waals surface area contributed by atoms with Crippen LogP contribution in [0.2, 0.25) is 5.02 Å². The molecule has 0 saturated heterocycles. The molecule has 0 radical (unpaired) electrons. The Bertz CT molecular complexity index is 1760. The van der Waals surface area contributed by atoms with E-state index in [1.54, 1.807) is 13.0 Å². The van der Waals surface area contributed by atoms with Crippen LogP contribution in [0.4, 0.5) is 4.39 Å². The number of benzene rings is 3. The minimum absolute atomic E-state index is 0. The molecule has 9 heteroatoms. The summed E-state index contributed by atoms with van der Waals surface area (Å²) in [5.41, 5.74) is 5.80. The Labute approximate surface area is 256 Å². The highest BCUT2D eigenvalue weighted by Crippen LogP contribution is 2.41. The molecule has 0 unspecified atom stereocenters. The highest BCUT2D eigenvalue weighted by atomic mass is 35.5. The van der Waals surface area contributed by atoms with Crippen LogP contribution in [0.5, 0.6) is 5.75 Å². The third kappa shape index (κ3) is 6.26. The van der Waals surface area contributed by atoms with Crippen LogP contribution in [0, 0.1) is 5.82 Å². The molecule has 0 spiro atoms. The number of nitrogens with zero attached hydrogens (tertiary/aromatic N) is 1. The maximum absolute atomic E-state index is 13.7. The van der Waals surface area contributed by atoms with Gasteiger partial charge in [-0.1, -0.05) is 44.2 Å². The van der Waals surface area contributed by atoms with Crippen LogP contribution in [0.15, 0.2) is 48.5 Å². The lowest BCUT2D eigenvalue weighted by molar-refractivity contribution is 0.0519. The Morgan fingerprint density at radius 3 is 2.70 bits per heavy atom. The van der Waals surface area contributed by atoms with Crippen LogP contribution in [-0.2, 0) is 24.1 Å². The summed E-state index contributed by atoms with van der Waals surface area (Å²) in [5, 5.41) is 14.5. The van der Waals surface area contributed by atoms with E-state index >= 15 is 0 Å². The van der Waals surface area contributed by atoms with Crippen LogP contribution >= 0.6 is 11.6 Å². The summed E-state index contributed by atoms with van der Waals surface area (Å²) in [5.74, 6) is 0.0181. The average Bonchev–Trinajstić information content (AvgIpc) is 3.62. The summed E-state index contributed by atoms with van der Waals surface area (Å²) in [6, 6.07) is 14.7. The predicted molar refractivity (Wildman–Crippen MR) is 171 cm³/mol. The van der Waals surface area contributed by atoms with Gasteiger partial charge in [0.1, 0.15) is 17.3 Å². The number of carbonyl (C=O) groups is 1. The van der Waals surface area contributed by atoms with E-state index in [4.69, 9.17) is 21.1 Å². The summed E-state index contributed by atoms with van der Waals surface area (Å²) in [4.78, 5) is 16.5. The second-order valence-corrected chi connectivity index (χ2v) is 11.1. The second-order valence-electron chi connectivity index (χ2n) is 10.7. The van der Waals surface area contributed by atoms with Crippen molar-refractivity contribution in [2.75, 3.05) is 13.2 Å². The zero-order valence-electron chi connectivity index (χ0n) is 23.8. The minimum atomic E-state index is -0.402. The van der Waals surface area contributed by atoms with Gasteiger partial charge in [-0.25, -0.2) is 9.18 Å². The predicted octanol–water partition coefficient (Wildman–Crippen LogP) is 8.14. The number of fused-ring (bicyclic) bond motifs is 2. The van der Waals surface area contributed by atoms with Gasteiger partial charge < -0.3 is 19.8 Å². The van der Waals surface area contributed by atoms with Gasteiger partial charge in [0.2, 0.25) is 0 Å². The summed E-state index contributed by atoms with van der Waals surface area (Å²) in [7, 11) is 0. The van der Waals surface area contributed by atoms with Crippen LogP contribution in [-0.4, -0.2) is 40.4 Å². The van der Waals surface area contributed by atoms with Crippen molar-refractivity contribution in [2.45, 2.75) is 66.0 Å². The number of carbonyl (C=O) groups excluding carboxylic acids is 1. The molecule has 2 aromatic heterocycles. The smallest absolute Gasteiger partial charge is 0.355 e. The molecule has 6 rings (SSSR count). The number of esters is 1. The van der Waals surface area contributed by atoms with Gasteiger partial charge in [-0.15, -0.1) is 0 Å². The number of aryl methyl sites for hydroxylation is 2. The first-order valence-electron chi connectivity index (χ1n) is 14.6.